The van der Waals surface area contributed by atoms with Gasteiger partial charge in [0.2, 0.25) is 5.91 Å². The van der Waals surface area contributed by atoms with Crippen LogP contribution in [0.1, 0.15) is 31.0 Å². The SMILES string of the molecule is CC(=O)Nc1nc(C2C(=O)N(c3ccccc3)N=C2C)cc(-c2ccccc2)c1C#N. The van der Waals surface area contributed by atoms with Gasteiger partial charge in [-0.15, -0.1) is 0 Å². The Balaban J connectivity index is 1.85. The van der Waals surface area contributed by atoms with Crippen molar-refractivity contribution in [2.75, 3.05) is 10.3 Å². The molecule has 7 nitrogen and oxygen atoms in total. The number of amides is 2. The van der Waals surface area contributed by atoms with Crippen molar-refractivity contribution in [2.45, 2.75) is 19.8 Å². The highest BCUT2D eigenvalue weighted by atomic mass is 16.2. The lowest BCUT2D eigenvalue weighted by molar-refractivity contribution is -0.118. The van der Waals surface area contributed by atoms with Crippen LogP contribution in [0.2, 0.25) is 0 Å². The number of carbonyl (C=O) groups excluding carboxylic acids is 2. The number of anilines is 2. The molecule has 1 N–H and O–H groups in total. The number of pyridine rings is 1. The Hall–Kier alpha value is -4.31. The number of hydrogen-bond acceptors (Lipinski definition) is 5. The predicted octanol–water partition coefficient (Wildman–Crippen LogP) is 4.08. The van der Waals surface area contributed by atoms with E-state index in [0.29, 0.717) is 22.7 Å². The second kappa shape index (κ2) is 8.20. The molecule has 0 saturated heterocycles. The number of rotatable bonds is 4. The van der Waals surface area contributed by atoms with Crippen molar-refractivity contribution in [1.29, 1.82) is 5.26 Å². The van der Waals surface area contributed by atoms with E-state index in [9.17, 15) is 14.9 Å². The van der Waals surface area contributed by atoms with E-state index in [1.807, 2.05) is 48.5 Å². The van der Waals surface area contributed by atoms with E-state index < -0.39 is 5.92 Å². The molecule has 3 aromatic rings. The summed E-state index contributed by atoms with van der Waals surface area (Å²) in [5, 5.41) is 18.2. The van der Waals surface area contributed by atoms with Crippen molar-refractivity contribution in [2.24, 2.45) is 5.10 Å². The molecule has 4 rings (SSSR count). The molecule has 1 aliphatic heterocycles. The summed E-state index contributed by atoms with van der Waals surface area (Å²) in [4.78, 5) is 29.5. The molecule has 31 heavy (non-hydrogen) atoms. The van der Waals surface area contributed by atoms with E-state index >= 15 is 0 Å². The lowest BCUT2D eigenvalue weighted by Gasteiger charge is -2.17. The van der Waals surface area contributed by atoms with Crippen LogP contribution in [0.5, 0.6) is 0 Å². The fourth-order valence-electron chi connectivity index (χ4n) is 3.59. The maximum atomic E-state index is 13.3. The van der Waals surface area contributed by atoms with Gasteiger partial charge in [0.1, 0.15) is 17.6 Å². The van der Waals surface area contributed by atoms with Crippen molar-refractivity contribution in [3.63, 3.8) is 0 Å². The summed E-state index contributed by atoms with van der Waals surface area (Å²) in [5.41, 5.74) is 3.29. The molecule has 1 atom stereocenters. The van der Waals surface area contributed by atoms with E-state index in [1.165, 1.54) is 11.9 Å². The van der Waals surface area contributed by atoms with Gasteiger partial charge in [-0.3, -0.25) is 9.59 Å². The van der Waals surface area contributed by atoms with Crippen molar-refractivity contribution >= 4 is 29.0 Å². The quantitative estimate of drug-likeness (QED) is 0.702. The summed E-state index contributed by atoms with van der Waals surface area (Å²) >= 11 is 0. The van der Waals surface area contributed by atoms with Crippen LogP contribution in [0.4, 0.5) is 11.5 Å². The number of nitriles is 1. The molecule has 0 saturated carbocycles. The topological polar surface area (TPSA) is 98.4 Å². The normalized spacial score (nSPS) is 15.4. The summed E-state index contributed by atoms with van der Waals surface area (Å²) in [5.74, 6) is -1.18. The minimum Gasteiger partial charge on any atom is -0.310 e. The van der Waals surface area contributed by atoms with Gasteiger partial charge in [-0.25, -0.2) is 4.98 Å². The number of benzene rings is 2. The third-order valence-electron chi connectivity index (χ3n) is 4.96. The Morgan fingerprint density at radius 1 is 1.10 bits per heavy atom. The van der Waals surface area contributed by atoms with Gasteiger partial charge in [0.05, 0.1) is 17.1 Å². The predicted molar refractivity (Wildman–Crippen MR) is 118 cm³/mol. The van der Waals surface area contributed by atoms with Crippen LogP contribution >= 0.6 is 0 Å². The van der Waals surface area contributed by atoms with Crippen molar-refractivity contribution in [3.8, 4) is 17.2 Å². The Morgan fingerprint density at radius 3 is 2.35 bits per heavy atom. The molecule has 0 radical (unpaired) electrons. The Morgan fingerprint density at radius 2 is 1.74 bits per heavy atom. The number of carbonyl (C=O) groups is 2. The summed E-state index contributed by atoms with van der Waals surface area (Å²) in [6, 6.07) is 22.4. The lowest BCUT2D eigenvalue weighted by atomic mass is 9.94. The van der Waals surface area contributed by atoms with Crippen LogP contribution in [0.25, 0.3) is 11.1 Å². The van der Waals surface area contributed by atoms with Gasteiger partial charge in [0.15, 0.2) is 5.82 Å². The van der Waals surface area contributed by atoms with Crippen molar-refractivity contribution in [1.82, 2.24) is 4.98 Å². The zero-order valence-corrected chi connectivity index (χ0v) is 17.0. The van der Waals surface area contributed by atoms with Crippen LogP contribution in [-0.2, 0) is 9.59 Å². The minimum absolute atomic E-state index is 0.130. The number of hydrogen-bond donors (Lipinski definition) is 1. The first-order valence-corrected chi connectivity index (χ1v) is 9.71. The van der Waals surface area contributed by atoms with Gasteiger partial charge < -0.3 is 5.32 Å². The average Bonchev–Trinajstić information content (AvgIpc) is 3.08. The third-order valence-corrected chi connectivity index (χ3v) is 4.96. The Bertz CT molecular complexity index is 1230. The van der Waals surface area contributed by atoms with Crippen molar-refractivity contribution in [3.05, 3.63) is 78.0 Å². The molecule has 2 aromatic carbocycles. The van der Waals surface area contributed by atoms with Gasteiger partial charge in [-0.1, -0.05) is 48.5 Å². The molecule has 1 aliphatic rings. The van der Waals surface area contributed by atoms with E-state index in [2.05, 4.69) is 21.5 Å². The second-order valence-corrected chi connectivity index (χ2v) is 7.14. The van der Waals surface area contributed by atoms with Gasteiger partial charge in [-0.2, -0.15) is 15.4 Å². The monoisotopic (exact) mass is 409 g/mol. The summed E-state index contributed by atoms with van der Waals surface area (Å²) in [6.07, 6.45) is 0. The van der Waals surface area contributed by atoms with Crippen LogP contribution in [0.15, 0.2) is 71.8 Å². The average molecular weight is 409 g/mol. The zero-order chi connectivity index (χ0) is 22.0. The Labute approximate surface area is 179 Å². The zero-order valence-electron chi connectivity index (χ0n) is 17.0. The fourth-order valence-corrected chi connectivity index (χ4v) is 3.59. The molecule has 0 aliphatic carbocycles. The third kappa shape index (κ3) is 3.79. The smallest absolute Gasteiger partial charge is 0.262 e. The van der Waals surface area contributed by atoms with Gasteiger partial charge in [0, 0.05) is 12.5 Å². The molecule has 2 heterocycles. The first-order valence-electron chi connectivity index (χ1n) is 9.71. The highest BCUT2D eigenvalue weighted by Crippen LogP contribution is 2.35. The number of nitrogens with one attached hydrogen (secondary N) is 1. The maximum absolute atomic E-state index is 13.3. The first kappa shape index (κ1) is 20.0. The largest absolute Gasteiger partial charge is 0.310 e. The van der Waals surface area contributed by atoms with Crippen LogP contribution < -0.4 is 10.3 Å². The highest BCUT2D eigenvalue weighted by molar-refractivity contribution is 6.18. The van der Waals surface area contributed by atoms with Crippen molar-refractivity contribution < 1.29 is 9.59 Å². The van der Waals surface area contributed by atoms with Gasteiger partial charge >= 0.3 is 0 Å². The molecule has 0 bridgehead atoms. The second-order valence-electron chi connectivity index (χ2n) is 7.14. The molecule has 1 aromatic heterocycles. The standard InChI is InChI=1S/C24H19N5O2/c1-15-22(24(31)29(28-15)18-11-7-4-8-12-18)21-13-19(17-9-5-3-6-10-17)20(14-25)23(27-21)26-16(2)30/h3-13,22H,1-2H3,(H,26,27,30). The van der Waals surface area contributed by atoms with Gasteiger partial charge in [0.25, 0.3) is 5.91 Å². The lowest BCUT2D eigenvalue weighted by Crippen LogP contribution is -2.26. The molecule has 2 amide bonds. The van der Waals surface area contributed by atoms with Crippen LogP contribution in [-0.4, -0.2) is 22.5 Å². The number of para-hydroxylation sites is 1. The molecule has 7 heteroatoms. The van der Waals surface area contributed by atoms with Gasteiger partial charge in [-0.05, 0) is 30.7 Å². The molecule has 1 unspecified atom stereocenters. The number of nitrogens with zero attached hydrogens (tertiary/aromatic N) is 4. The van der Waals surface area contributed by atoms with E-state index in [1.54, 1.807) is 25.1 Å². The van der Waals surface area contributed by atoms with E-state index in [-0.39, 0.29) is 23.2 Å². The fraction of sp³-hybridized carbons (Fsp3) is 0.125. The minimum atomic E-state index is -0.720. The highest BCUT2D eigenvalue weighted by Gasteiger charge is 2.37. The Kier molecular flexibility index (Phi) is 5.29. The summed E-state index contributed by atoms with van der Waals surface area (Å²) < 4.78 is 0. The van der Waals surface area contributed by atoms with Crippen LogP contribution in [0.3, 0.4) is 0 Å². The summed E-state index contributed by atoms with van der Waals surface area (Å²) in [7, 11) is 0. The molecular weight excluding hydrogens is 390 g/mol. The van der Waals surface area contributed by atoms with Crippen LogP contribution in [0, 0.1) is 11.3 Å². The number of aromatic nitrogens is 1. The molecule has 152 valence electrons. The molecular formula is C24H19N5O2. The molecule has 0 fully saturated rings. The maximum Gasteiger partial charge on any atom is 0.262 e. The van der Waals surface area contributed by atoms with E-state index in [4.69, 9.17) is 0 Å². The first-order chi connectivity index (χ1) is 15.0. The molecule has 0 spiro atoms. The number of hydrazone groups is 1. The van der Waals surface area contributed by atoms with E-state index in [0.717, 1.165) is 5.56 Å². The summed E-state index contributed by atoms with van der Waals surface area (Å²) in [6.45, 7) is 3.12.